The molecular formula is C12H19BrN2O. The summed E-state index contributed by atoms with van der Waals surface area (Å²) in [5, 5.41) is 3.02. The smallest absolute Gasteiger partial charge is 0.267 e. The third kappa shape index (κ3) is 3.37. The molecule has 0 aliphatic heterocycles. The van der Waals surface area contributed by atoms with Crippen molar-refractivity contribution >= 4 is 21.8 Å². The molecule has 0 saturated carbocycles. The highest BCUT2D eigenvalue weighted by molar-refractivity contribution is 9.10. The molecule has 4 heteroatoms. The number of aromatic nitrogens is 1. The summed E-state index contributed by atoms with van der Waals surface area (Å²) in [5.74, 6) is 0.507. The first-order valence-electron chi connectivity index (χ1n) is 5.73. The monoisotopic (exact) mass is 286 g/mol. The number of nitrogens with one attached hydrogen (secondary N) is 2. The maximum Gasteiger partial charge on any atom is 0.267 e. The molecule has 1 heterocycles. The Morgan fingerprint density at radius 1 is 1.50 bits per heavy atom. The van der Waals surface area contributed by atoms with Crippen molar-refractivity contribution in [2.24, 2.45) is 5.92 Å². The van der Waals surface area contributed by atoms with E-state index < -0.39 is 0 Å². The van der Waals surface area contributed by atoms with Gasteiger partial charge in [0, 0.05) is 16.7 Å². The molecule has 0 saturated heterocycles. The molecule has 1 rings (SSSR count). The van der Waals surface area contributed by atoms with Crippen LogP contribution in [-0.4, -0.2) is 16.9 Å². The molecule has 16 heavy (non-hydrogen) atoms. The maximum absolute atomic E-state index is 11.8. The van der Waals surface area contributed by atoms with E-state index in [2.05, 4.69) is 47.0 Å². The van der Waals surface area contributed by atoms with Crippen LogP contribution in [0.4, 0.5) is 0 Å². The highest BCUT2D eigenvalue weighted by Gasteiger charge is 2.17. The first-order chi connectivity index (χ1) is 7.58. The third-order valence-corrected chi connectivity index (χ3v) is 3.46. The predicted octanol–water partition coefficient (Wildman–Crippen LogP) is 3.33. The molecule has 1 aromatic heterocycles. The lowest BCUT2D eigenvalue weighted by atomic mass is 9.95. The van der Waals surface area contributed by atoms with E-state index in [0.29, 0.717) is 11.6 Å². The molecule has 1 unspecified atom stereocenters. The summed E-state index contributed by atoms with van der Waals surface area (Å²) in [6.07, 6.45) is 3.94. The molecule has 90 valence electrons. The van der Waals surface area contributed by atoms with Gasteiger partial charge in [-0.05, 0) is 34.8 Å². The van der Waals surface area contributed by atoms with Crippen LogP contribution in [0, 0.1) is 5.92 Å². The topological polar surface area (TPSA) is 44.9 Å². The lowest BCUT2D eigenvalue weighted by Crippen LogP contribution is -2.37. The van der Waals surface area contributed by atoms with Crippen molar-refractivity contribution in [2.45, 2.75) is 39.7 Å². The van der Waals surface area contributed by atoms with Crippen molar-refractivity contribution in [1.82, 2.24) is 10.3 Å². The average Bonchev–Trinajstić information content (AvgIpc) is 2.66. The summed E-state index contributed by atoms with van der Waals surface area (Å²) in [7, 11) is 0. The van der Waals surface area contributed by atoms with Gasteiger partial charge in [0.05, 0.1) is 0 Å². The lowest BCUT2D eigenvalue weighted by Gasteiger charge is -2.22. The zero-order valence-corrected chi connectivity index (χ0v) is 11.6. The summed E-state index contributed by atoms with van der Waals surface area (Å²) in [4.78, 5) is 14.8. The molecular weight excluding hydrogens is 268 g/mol. The quantitative estimate of drug-likeness (QED) is 0.857. The minimum absolute atomic E-state index is 0.0369. The van der Waals surface area contributed by atoms with Gasteiger partial charge in [-0.2, -0.15) is 0 Å². The minimum Gasteiger partial charge on any atom is -0.356 e. The summed E-state index contributed by atoms with van der Waals surface area (Å²) in [6, 6.07) is 2.00. The van der Waals surface area contributed by atoms with Gasteiger partial charge in [-0.15, -0.1) is 0 Å². The van der Waals surface area contributed by atoms with Crippen molar-refractivity contribution in [2.75, 3.05) is 0 Å². The molecule has 0 bridgehead atoms. The molecule has 0 aliphatic carbocycles. The molecule has 0 aromatic carbocycles. The van der Waals surface area contributed by atoms with Crippen LogP contribution >= 0.6 is 15.9 Å². The Morgan fingerprint density at radius 3 is 2.56 bits per heavy atom. The van der Waals surface area contributed by atoms with E-state index in [-0.39, 0.29) is 11.9 Å². The van der Waals surface area contributed by atoms with Crippen LogP contribution in [-0.2, 0) is 0 Å². The normalized spacial score (nSPS) is 12.8. The van der Waals surface area contributed by atoms with Crippen molar-refractivity contribution in [3.8, 4) is 0 Å². The first kappa shape index (κ1) is 13.3. The van der Waals surface area contributed by atoms with Crippen LogP contribution < -0.4 is 5.32 Å². The van der Waals surface area contributed by atoms with Crippen molar-refractivity contribution in [3.63, 3.8) is 0 Å². The summed E-state index contributed by atoms with van der Waals surface area (Å²) in [6.45, 7) is 6.37. The number of rotatable bonds is 5. The van der Waals surface area contributed by atoms with E-state index in [4.69, 9.17) is 0 Å². The van der Waals surface area contributed by atoms with Crippen LogP contribution in [0.1, 0.15) is 44.1 Å². The molecule has 0 radical (unpaired) electrons. The first-order valence-corrected chi connectivity index (χ1v) is 6.52. The summed E-state index contributed by atoms with van der Waals surface area (Å²) in [5.41, 5.74) is 0.602. The van der Waals surface area contributed by atoms with Gasteiger partial charge < -0.3 is 10.3 Å². The molecule has 0 spiro atoms. The molecule has 0 fully saturated rings. The van der Waals surface area contributed by atoms with Crippen LogP contribution in [0.5, 0.6) is 0 Å². The van der Waals surface area contributed by atoms with E-state index in [1.807, 2.05) is 0 Å². The Bertz CT molecular complexity index is 345. The highest BCUT2D eigenvalue weighted by Crippen LogP contribution is 2.14. The van der Waals surface area contributed by atoms with E-state index in [0.717, 1.165) is 17.3 Å². The van der Waals surface area contributed by atoms with E-state index in [9.17, 15) is 4.79 Å². The number of carbonyl (C=O) groups is 1. The van der Waals surface area contributed by atoms with Gasteiger partial charge in [0.15, 0.2) is 0 Å². The van der Waals surface area contributed by atoms with Crippen molar-refractivity contribution < 1.29 is 4.79 Å². The van der Waals surface area contributed by atoms with E-state index in [1.54, 1.807) is 12.3 Å². The number of amides is 1. The van der Waals surface area contributed by atoms with E-state index >= 15 is 0 Å². The van der Waals surface area contributed by atoms with Gasteiger partial charge in [-0.3, -0.25) is 4.79 Å². The fraction of sp³-hybridized carbons (Fsp3) is 0.583. The maximum atomic E-state index is 11.8. The van der Waals surface area contributed by atoms with Crippen LogP contribution in [0.3, 0.4) is 0 Å². The third-order valence-electron chi connectivity index (χ3n) is 3.01. The largest absolute Gasteiger partial charge is 0.356 e. The number of hydrogen-bond donors (Lipinski definition) is 2. The molecule has 1 atom stereocenters. The zero-order valence-electron chi connectivity index (χ0n) is 10.0. The Labute approximate surface area is 105 Å². The minimum atomic E-state index is -0.0369. The van der Waals surface area contributed by atoms with Crippen LogP contribution in [0.2, 0.25) is 0 Å². The Hall–Kier alpha value is -0.770. The number of halogens is 1. The zero-order chi connectivity index (χ0) is 12.1. The Balaban J connectivity index is 2.57. The second-order valence-electron chi connectivity index (χ2n) is 4.07. The Kier molecular flexibility index (Phi) is 5.06. The Morgan fingerprint density at radius 2 is 2.12 bits per heavy atom. The summed E-state index contributed by atoms with van der Waals surface area (Å²) >= 11 is 3.31. The molecule has 1 aromatic rings. The second-order valence-corrected chi connectivity index (χ2v) is 4.99. The fourth-order valence-corrected chi connectivity index (χ4v) is 2.24. The van der Waals surface area contributed by atoms with Gasteiger partial charge in [0.25, 0.3) is 5.91 Å². The molecule has 3 nitrogen and oxygen atoms in total. The number of carbonyl (C=O) groups excluding carboxylic acids is 1. The molecule has 1 amide bonds. The van der Waals surface area contributed by atoms with Crippen molar-refractivity contribution in [3.05, 3.63) is 22.4 Å². The van der Waals surface area contributed by atoms with Crippen LogP contribution in [0.25, 0.3) is 0 Å². The second kappa shape index (κ2) is 6.09. The van der Waals surface area contributed by atoms with Gasteiger partial charge in [0.2, 0.25) is 0 Å². The fourth-order valence-electron chi connectivity index (χ4n) is 1.90. The van der Waals surface area contributed by atoms with Gasteiger partial charge in [-0.25, -0.2) is 0 Å². The van der Waals surface area contributed by atoms with Gasteiger partial charge in [0.1, 0.15) is 5.69 Å². The highest BCUT2D eigenvalue weighted by atomic mass is 79.9. The molecule has 0 aliphatic rings. The van der Waals surface area contributed by atoms with Gasteiger partial charge >= 0.3 is 0 Å². The summed E-state index contributed by atoms with van der Waals surface area (Å²) < 4.78 is 0.896. The lowest BCUT2D eigenvalue weighted by molar-refractivity contribution is 0.0920. The number of hydrogen-bond acceptors (Lipinski definition) is 1. The number of aromatic amines is 1. The van der Waals surface area contributed by atoms with E-state index in [1.165, 1.54) is 0 Å². The van der Waals surface area contributed by atoms with Crippen molar-refractivity contribution in [1.29, 1.82) is 0 Å². The predicted molar refractivity (Wildman–Crippen MR) is 69.5 cm³/mol. The molecule has 2 N–H and O–H groups in total. The number of H-pyrrole nitrogens is 1. The average molecular weight is 287 g/mol. The standard InChI is InChI=1S/C12H19BrN2O/c1-4-9(5-2)8(3)15-12(16)11-6-10(13)7-14-11/h6-9,14H,4-5H2,1-3H3,(H,15,16). The van der Waals surface area contributed by atoms with Gasteiger partial charge in [-0.1, -0.05) is 26.7 Å². The van der Waals surface area contributed by atoms with Crippen LogP contribution in [0.15, 0.2) is 16.7 Å². The SMILES string of the molecule is CCC(CC)C(C)NC(=O)c1cc(Br)c[nH]1.